The molecule has 0 fully saturated rings. The van der Waals surface area contributed by atoms with Gasteiger partial charge in [0.15, 0.2) is 0 Å². The van der Waals surface area contributed by atoms with E-state index in [4.69, 9.17) is 5.84 Å². The molecule has 6 heteroatoms. The topological polar surface area (TPSA) is 38.0 Å². The fraction of sp³-hybridized carbons (Fsp3) is 0.143. The van der Waals surface area contributed by atoms with Crippen molar-refractivity contribution in [1.29, 1.82) is 0 Å². The second-order valence-electron chi connectivity index (χ2n) is 4.25. The molecule has 2 aromatic carbocycles. The predicted octanol–water partition coefficient (Wildman–Crippen LogP) is 3.40. The normalized spacial score (nSPS) is 13.2. The third-order valence-corrected chi connectivity index (χ3v) is 2.93. The summed E-state index contributed by atoms with van der Waals surface area (Å²) < 4.78 is 51.1. The van der Waals surface area contributed by atoms with E-state index < -0.39 is 23.6 Å². The van der Waals surface area contributed by atoms with Gasteiger partial charge >= 0.3 is 6.18 Å². The van der Waals surface area contributed by atoms with E-state index in [9.17, 15) is 17.6 Å². The summed E-state index contributed by atoms with van der Waals surface area (Å²) in [6, 6.07) is 11.0. The summed E-state index contributed by atoms with van der Waals surface area (Å²) >= 11 is 0. The van der Waals surface area contributed by atoms with E-state index in [1.54, 1.807) is 30.3 Å². The SMILES string of the molecule is NN[C@H](c1ccccc1)c1ccc(C(F)(F)F)c(F)c1. The van der Waals surface area contributed by atoms with E-state index in [1.807, 2.05) is 0 Å². The molecular weight excluding hydrogens is 272 g/mol. The van der Waals surface area contributed by atoms with E-state index in [2.05, 4.69) is 5.43 Å². The van der Waals surface area contributed by atoms with Crippen molar-refractivity contribution in [1.82, 2.24) is 5.43 Å². The van der Waals surface area contributed by atoms with Gasteiger partial charge < -0.3 is 0 Å². The Bertz CT molecular complexity index is 581. The number of halogens is 4. The van der Waals surface area contributed by atoms with E-state index in [0.717, 1.165) is 17.7 Å². The quantitative estimate of drug-likeness (QED) is 0.515. The first-order valence-corrected chi connectivity index (χ1v) is 5.81. The molecule has 0 bridgehead atoms. The molecule has 0 aromatic heterocycles. The first-order valence-electron chi connectivity index (χ1n) is 5.81. The lowest BCUT2D eigenvalue weighted by molar-refractivity contribution is -0.140. The average molecular weight is 284 g/mol. The highest BCUT2D eigenvalue weighted by Crippen LogP contribution is 2.33. The molecule has 20 heavy (non-hydrogen) atoms. The van der Waals surface area contributed by atoms with Crippen molar-refractivity contribution in [2.45, 2.75) is 12.2 Å². The molecule has 2 nitrogen and oxygen atoms in total. The van der Waals surface area contributed by atoms with E-state index in [1.165, 1.54) is 6.07 Å². The van der Waals surface area contributed by atoms with Crippen LogP contribution in [0.5, 0.6) is 0 Å². The Balaban J connectivity index is 2.40. The smallest absolute Gasteiger partial charge is 0.271 e. The van der Waals surface area contributed by atoms with Gasteiger partial charge in [0.05, 0.1) is 11.6 Å². The Hall–Kier alpha value is -1.92. The van der Waals surface area contributed by atoms with Gasteiger partial charge in [0.2, 0.25) is 0 Å². The van der Waals surface area contributed by atoms with Crippen molar-refractivity contribution in [2.75, 3.05) is 0 Å². The lowest BCUT2D eigenvalue weighted by Crippen LogP contribution is -2.29. The Labute approximate surface area is 113 Å². The standard InChI is InChI=1S/C14H12F4N2/c15-12-8-10(6-7-11(12)14(16,17)18)13(20-19)9-4-2-1-3-5-9/h1-8,13,20H,19H2/t13-/m1/s1. The molecular formula is C14H12F4N2. The second-order valence-corrected chi connectivity index (χ2v) is 4.25. The Morgan fingerprint density at radius 3 is 2.10 bits per heavy atom. The van der Waals surface area contributed by atoms with Crippen LogP contribution in [0.3, 0.4) is 0 Å². The first-order chi connectivity index (χ1) is 9.43. The minimum atomic E-state index is -4.71. The molecule has 1 atom stereocenters. The third-order valence-electron chi connectivity index (χ3n) is 2.93. The van der Waals surface area contributed by atoms with Crippen molar-refractivity contribution in [3.05, 3.63) is 71.0 Å². The van der Waals surface area contributed by atoms with Crippen LogP contribution in [-0.4, -0.2) is 0 Å². The van der Waals surface area contributed by atoms with Crippen LogP contribution >= 0.6 is 0 Å². The van der Waals surface area contributed by atoms with E-state index >= 15 is 0 Å². The molecule has 0 amide bonds. The summed E-state index contributed by atoms with van der Waals surface area (Å²) in [4.78, 5) is 0. The lowest BCUT2D eigenvalue weighted by atomic mass is 9.98. The van der Waals surface area contributed by atoms with Gasteiger partial charge in [-0.25, -0.2) is 9.82 Å². The summed E-state index contributed by atoms with van der Waals surface area (Å²) in [5.41, 5.74) is 2.24. The number of nitrogens with one attached hydrogen (secondary N) is 1. The highest BCUT2D eigenvalue weighted by atomic mass is 19.4. The van der Waals surface area contributed by atoms with Crippen LogP contribution in [0.25, 0.3) is 0 Å². The maximum absolute atomic E-state index is 13.6. The molecule has 0 saturated carbocycles. The van der Waals surface area contributed by atoms with Gasteiger partial charge in [0.1, 0.15) is 5.82 Å². The minimum absolute atomic E-state index is 0.323. The monoisotopic (exact) mass is 284 g/mol. The summed E-state index contributed by atoms with van der Waals surface area (Å²) in [5.74, 6) is 4.10. The average Bonchev–Trinajstić information content (AvgIpc) is 2.39. The number of hydrogen-bond donors (Lipinski definition) is 2. The van der Waals surface area contributed by atoms with Crippen molar-refractivity contribution in [2.24, 2.45) is 5.84 Å². The molecule has 2 aromatic rings. The van der Waals surface area contributed by atoms with Crippen LogP contribution < -0.4 is 11.3 Å². The first kappa shape index (κ1) is 14.5. The predicted molar refractivity (Wildman–Crippen MR) is 67.0 cm³/mol. The minimum Gasteiger partial charge on any atom is -0.271 e. The van der Waals surface area contributed by atoms with Crippen molar-refractivity contribution in [3.63, 3.8) is 0 Å². The highest BCUT2D eigenvalue weighted by molar-refractivity contribution is 5.35. The van der Waals surface area contributed by atoms with Crippen molar-refractivity contribution >= 4 is 0 Å². The fourth-order valence-corrected chi connectivity index (χ4v) is 1.97. The molecule has 0 aliphatic heterocycles. The van der Waals surface area contributed by atoms with Gasteiger partial charge in [-0.2, -0.15) is 13.2 Å². The van der Waals surface area contributed by atoms with Gasteiger partial charge in [-0.3, -0.25) is 5.84 Å². The van der Waals surface area contributed by atoms with Gasteiger partial charge in [-0.05, 0) is 23.3 Å². The van der Waals surface area contributed by atoms with E-state index in [0.29, 0.717) is 5.56 Å². The number of hydrogen-bond acceptors (Lipinski definition) is 2. The Morgan fingerprint density at radius 1 is 0.950 bits per heavy atom. The Kier molecular flexibility index (Phi) is 4.06. The van der Waals surface area contributed by atoms with Crippen LogP contribution in [0.1, 0.15) is 22.7 Å². The molecule has 2 rings (SSSR count). The summed E-state index contributed by atoms with van der Waals surface area (Å²) in [5, 5.41) is 0. The zero-order valence-corrected chi connectivity index (χ0v) is 10.3. The largest absolute Gasteiger partial charge is 0.419 e. The van der Waals surface area contributed by atoms with Crippen molar-refractivity contribution in [3.8, 4) is 0 Å². The zero-order valence-electron chi connectivity index (χ0n) is 10.3. The molecule has 0 aliphatic carbocycles. The van der Waals surface area contributed by atoms with Gasteiger partial charge in [0, 0.05) is 0 Å². The molecule has 0 aliphatic rings. The number of rotatable bonds is 3. The van der Waals surface area contributed by atoms with Crippen LogP contribution in [-0.2, 0) is 6.18 Å². The van der Waals surface area contributed by atoms with Crippen LogP contribution in [0.2, 0.25) is 0 Å². The highest BCUT2D eigenvalue weighted by Gasteiger charge is 2.34. The molecule has 0 saturated heterocycles. The summed E-state index contributed by atoms with van der Waals surface area (Å²) in [6.07, 6.45) is -4.71. The third kappa shape index (κ3) is 2.97. The summed E-state index contributed by atoms with van der Waals surface area (Å²) in [7, 11) is 0. The van der Waals surface area contributed by atoms with Crippen molar-refractivity contribution < 1.29 is 17.6 Å². The molecule has 0 spiro atoms. The van der Waals surface area contributed by atoms with Crippen LogP contribution in [0.4, 0.5) is 17.6 Å². The second kappa shape index (κ2) is 5.60. The molecule has 0 heterocycles. The molecule has 3 N–H and O–H groups in total. The number of nitrogens with two attached hydrogens (primary N) is 1. The number of benzene rings is 2. The lowest BCUT2D eigenvalue weighted by Gasteiger charge is -2.18. The van der Waals surface area contributed by atoms with Gasteiger partial charge in [-0.1, -0.05) is 36.4 Å². The zero-order chi connectivity index (χ0) is 14.8. The fourth-order valence-electron chi connectivity index (χ4n) is 1.97. The van der Waals surface area contributed by atoms with E-state index in [-0.39, 0.29) is 0 Å². The maximum atomic E-state index is 13.6. The molecule has 0 radical (unpaired) electrons. The summed E-state index contributed by atoms with van der Waals surface area (Å²) in [6.45, 7) is 0. The van der Waals surface area contributed by atoms with Crippen LogP contribution in [0.15, 0.2) is 48.5 Å². The Morgan fingerprint density at radius 2 is 1.60 bits per heavy atom. The van der Waals surface area contributed by atoms with Crippen LogP contribution in [0, 0.1) is 5.82 Å². The number of hydrazine groups is 1. The van der Waals surface area contributed by atoms with Gasteiger partial charge in [-0.15, -0.1) is 0 Å². The van der Waals surface area contributed by atoms with Gasteiger partial charge in [0.25, 0.3) is 0 Å². The maximum Gasteiger partial charge on any atom is 0.419 e. The number of alkyl halides is 3. The molecule has 106 valence electrons. The molecule has 0 unspecified atom stereocenters.